The van der Waals surface area contributed by atoms with E-state index in [-0.39, 0.29) is 6.04 Å². The molecule has 2 rings (SSSR count). The summed E-state index contributed by atoms with van der Waals surface area (Å²) >= 11 is 0. The average Bonchev–Trinajstić information content (AvgIpc) is 2.32. The maximum Gasteiger partial charge on any atom is 0.320 e. The maximum absolute atomic E-state index is 11.4. The van der Waals surface area contributed by atoms with Crippen molar-refractivity contribution >= 4 is 5.97 Å². The van der Waals surface area contributed by atoms with Gasteiger partial charge in [0.2, 0.25) is 0 Å². The van der Waals surface area contributed by atoms with Crippen molar-refractivity contribution in [2.24, 2.45) is 11.8 Å². The van der Waals surface area contributed by atoms with Crippen molar-refractivity contribution in [1.82, 2.24) is 4.90 Å². The molecule has 0 spiro atoms. The lowest BCUT2D eigenvalue weighted by atomic mass is 9.78. The zero-order valence-electron chi connectivity index (χ0n) is 11.1. The molecule has 0 radical (unpaired) electrons. The van der Waals surface area contributed by atoms with E-state index >= 15 is 0 Å². The summed E-state index contributed by atoms with van der Waals surface area (Å²) in [6, 6.07) is 0.279. The van der Waals surface area contributed by atoms with E-state index in [4.69, 9.17) is 0 Å². The highest BCUT2D eigenvalue weighted by atomic mass is 16.4. The largest absolute Gasteiger partial charge is 0.480 e. The monoisotopic (exact) mass is 239 g/mol. The van der Waals surface area contributed by atoms with Crippen molar-refractivity contribution in [3.05, 3.63) is 0 Å². The Hall–Kier alpha value is -0.570. The Labute approximate surface area is 104 Å². The zero-order chi connectivity index (χ0) is 12.4. The van der Waals surface area contributed by atoms with E-state index in [9.17, 15) is 9.90 Å². The molecular formula is C14H25NO2. The van der Waals surface area contributed by atoms with Gasteiger partial charge in [-0.05, 0) is 44.1 Å². The van der Waals surface area contributed by atoms with Gasteiger partial charge in [-0.3, -0.25) is 9.69 Å². The highest BCUT2D eigenvalue weighted by molar-refractivity contribution is 5.73. The topological polar surface area (TPSA) is 40.5 Å². The van der Waals surface area contributed by atoms with E-state index < -0.39 is 5.97 Å². The van der Waals surface area contributed by atoms with Crippen LogP contribution in [0.2, 0.25) is 0 Å². The molecule has 4 atom stereocenters. The molecule has 1 heterocycles. The van der Waals surface area contributed by atoms with E-state index in [0.29, 0.717) is 12.0 Å². The van der Waals surface area contributed by atoms with Crippen molar-refractivity contribution < 1.29 is 9.90 Å². The second-order valence-corrected chi connectivity index (χ2v) is 6.05. The normalized spacial score (nSPS) is 40.1. The molecule has 98 valence electrons. The molecular weight excluding hydrogens is 214 g/mol. The molecule has 0 aromatic rings. The number of carbonyl (C=O) groups is 1. The molecule has 0 aromatic heterocycles. The van der Waals surface area contributed by atoms with Gasteiger partial charge in [0.15, 0.2) is 0 Å². The molecule has 3 nitrogen and oxygen atoms in total. The predicted molar refractivity (Wildman–Crippen MR) is 67.9 cm³/mol. The van der Waals surface area contributed by atoms with Crippen LogP contribution in [0.15, 0.2) is 0 Å². The predicted octanol–water partition coefficient (Wildman–Crippen LogP) is 2.75. The Bertz CT molecular complexity index is 279. The molecule has 1 aliphatic carbocycles. The molecule has 2 fully saturated rings. The Balaban J connectivity index is 2.09. The smallest absolute Gasteiger partial charge is 0.320 e. The van der Waals surface area contributed by atoms with Gasteiger partial charge in [-0.2, -0.15) is 0 Å². The lowest BCUT2D eigenvalue weighted by Gasteiger charge is -2.45. The van der Waals surface area contributed by atoms with Crippen LogP contribution >= 0.6 is 0 Å². The minimum absolute atomic E-state index is 0.221. The van der Waals surface area contributed by atoms with Gasteiger partial charge >= 0.3 is 5.97 Å². The highest BCUT2D eigenvalue weighted by Gasteiger charge is 2.37. The van der Waals surface area contributed by atoms with Crippen LogP contribution in [0.4, 0.5) is 0 Å². The third-order valence-electron chi connectivity index (χ3n) is 4.67. The Morgan fingerprint density at radius 1 is 1.18 bits per heavy atom. The summed E-state index contributed by atoms with van der Waals surface area (Å²) in [5, 5.41) is 9.35. The number of carboxylic acid groups (broad SMARTS) is 1. The minimum atomic E-state index is -0.616. The lowest BCUT2D eigenvalue weighted by Crippen LogP contribution is -2.53. The second-order valence-electron chi connectivity index (χ2n) is 6.05. The molecule has 1 N–H and O–H groups in total. The standard InChI is InChI=1S/C14H25NO2/c1-10-6-7-11(2)13(9-10)15-8-4-3-5-12(15)14(16)17/h10-13H,3-9H2,1-2H3,(H,16,17). The van der Waals surface area contributed by atoms with Crippen LogP contribution in [0.3, 0.4) is 0 Å². The van der Waals surface area contributed by atoms with Gasteiger partial charge in [0.25, 0.3) is 0 Å². The van der Waals surface area contributed by atoms with Crippen LogP contribution in [-0.4, -0.2) is 34.6 Å². The van der Waals surface area contributed by atoms with Gasteiger partial charge in [-0.25, -0.2) is 0 Å². The van der Waals surface area contributed by atoms with Crippen LogP contribution in [0.1, 0.15) is 52.4 Å². The summed E-state index contributed by atoms with van der Waals surface area (Å²) in [6.07, 6.45) is 6.83. The van der Waals surface area contributed by atoms with E-state index in [2.05, 4.69) is 18.7 Å². The fourth-order valence-electron chi connectivity index (χ4n) is 3.58. The first-order valence-electron chi connectivity index (χ1n) is 7.08. The molecule has 2 aliphatic rings. The van der Waals surface area contributed by atoms with Crippen molar-refractivity contribution in [1.29, 1.82) is 0 Å². The molecule has 1 saturated heterocycles. The maximum atomic E-state index is 11.4. The number of likely N-dealkylation sites (tertiary alicyclic amines) is 1. The Morgan fingerprint density at radius 3 is 2.65 bits per heavy atom. The number of carboxylic acids is 1. The summed E-state index contributed by atoms with van der Waals surface area (Å²) in [4.78, 5) is 13.7. The van der Waals surface area contributed by atoms with Gasteiger partial charge < -0.3 is 5.11 Å². The first kappa shape index (κ1) is 12.9. The molecule has 4 unspecified atom stereocenters. The van der Waals surface area contributed by atoms with E-state index in [1.807, 2.05) is 0 Å². The summed E-state index contributed by atoms with van der Waals surface area (Å²) in [6.45, 7) is 5.58. The number of hydrogen-bond acceptors (Lipinski definition) is 2. The van der Waals surface area contributed by atoms with Gasteiger partial charge in [0.05, 0.1) is 0 Å². The molecule has 1 saturated carbocycles. The first-order chi connectivity index (χ1) is 8.09. The molecule has 17 heavy (non-hydrogen) atoms. The van der Waals surface area contributed by atoms with Crippen LogP contribution in [-0.2, 0) is 4.79 Å². The summed E-state index contributed by atoms with van der Waals surface area (Å²) in [5.74, 6) is 0.800. The quantitative estimate of drug-likeness (QED) is 0.805. The fraction of sp³-hybridized carbons (Fsp3) is 0.929. The summed E-state index contributed by atoms with van der Waals surface area (Å²) in [5.41, 5.74) is 0. The summed E-state index contributed by atoms with van der Waals surface area (Å²) in [7, 11) is 0. The molecule has 0 bridgehead atoms. The van der Waals surface area contributed by atoms with Crippen LogP contribution in [0, 0.1) is 11.8 Å². The minimum Gasteiger partial charge on any atom is -0.480 e. The third kappa shape index (κ3) is 2.82. The van der Waals surface area contributed by atoms with E-state index in [0.717, 1.165) is 25.3 Å². The molecule has 0 aromatic carbocycles. The van der Waals surface area contributed by atoms with Crippen molar-refractivity contribution in [3.63, 3.8) is 0 Å². The van der Waals surface area contributed by atoms with Crippen molar-refractivity contribution in [3.8, 4) is 0 Å². The molecule has 3 heteroatoms. The molecule has 1 aliphatic heterocycles. The number of rotatable bonds is 2. The van der Waals surface area contributed by atoms with Crippen molar-refractivity contribution in [2.45, 2.75) is 64.5 Å². The van der Waals surface area contributed by atoms with E-state index in [1.54, 1.807) is 0 Å². The zero-order valence-corrected chi connectivity index (χ0v) is 11.1. The van der Waals surface area contributed by atoms with Crippen LogP contribution in [0.25, 0.3) is 0 Å². The highest BCUT2D eigenvalue weighted by Crippen LogP contribution is 2.35. The lowest BCUT2D eigenvalue weighted by molar-refractivity contribution is -0.147. The van der Waals surface area contributed by atoms with Gasteiger partial charge in [-0.15, -0.1) is 0 Å². The number of hydrogen-bond donors (Lipinski definition) is 1. The first-order valence-corrected chi connectivity index (χ1v) is 7.08. The third-order valence-corrected chi connectivity index (χ3v) is 4.67. The van der Waals surface area contributed by atoms with Crippen molar-refractivity contribution in [2.75, 3.05) is 6.54 Å². The van der Waals surface area contributed by atoms with Crippen LogP contribution < -0.4 is 0 Å². The van der Waals surface area contributed by atoms with Crippen LogP contribution in [0.5, 0.6) is 0 Å². The van der Waals surface area contributed by atoms with E-state index in [1.165, 1.54) is 25.7 Å². The SMILES string of the molecule is CC1CCC(C)C(N2CCCCC2C(=O)O)C1. The number of piperidine rings is 1. The Morgan fingerprint density at radius 2 is 1.94 bits per heavy atom. The number of nitrogens with zero attached hydrogens (tertiary/aromatic N) is 1. The number of aliphatic carboxylic acids is 1. The average molecular weight is 239 g/mol. The van der Waals surface area contributed by atoms with Gasteiger partial charge in [0.1, 0.15) is 6.04 Å². The second kappa shape index (κ2) is 5.38. The summed E-state index contributed by atoms with van der Waals surface area (Å²) < 4.78 is 0. The van der Waals surface area contributed by atoms with Gasteiger partial charge in [-0.1, -0.05) is 26.7 Å². The molecule has 0 amide bonds. The fourth-order valence-corrected chi connectivity index (χ4v) is 3.58. The Kier molecular flexibility index (Phi) is 4.08. The van der Waals surface area contributed by atoms with Gasteiger partial charge in [0, 0.05) is 6.04 Å².